The highest BCUT2D eigenvalue weighted by Gasteiger charge is 2.10. The number of benzene rings is 1. The molecule has 0 saturated heterocycles. The third-order valence-electron chi connectivity index (χ3n) is 1.99. The second-order valence-corrected chi connectivity index (χ2v) is 3.14. The van der Waals surface area contributed by atoms with E-state index in [9.17, 15) is 9.18 Å². The number of allylic oxidation sites excluding steroid dienone is 1. The molecule has 0 unspecified atom stereocenters. The third kappa shape index (κ3) is 2.90. The second kappa shape index (κ2) is 5.43. The Morgan fingerprint density at radius 2 is 2.06 bits per heavy atom. The summed E-state index contributed by atoms with van der Waals surface area (Å²) < 4.78 is 13.5. The predicted molar refractivity (Wildman–Crippen MR) is 59.3 cm³/mol. The van der Waals surface area contributed by atoms with Gasteiger partial charge in [-0.05, 0) is 19.1 Å². The van der Waals surface area contributed by atoms with Crippen molar-refractivity contribution in [3.8, 4) is 12.1 Å². The fraction of sp³-hybridized carbons (Fsp3) is 0.0833. The van der Waals surface area contributed by atoms with Crippen LogP contribution in [-0.2, 0) is 0 Å². The molecular weight excluding hydrogens is 221 g/mol. The SMILES string of the molecule is CC(=O)c1cccc(F)c1NC=C(C#N)C#N. The molecule has 0 aromatic heterocycles. The van der Waals surface area contributed by atoms with Crippen LogP contribution in [0.2, 0.25) is 0 Å². The largest absolute Gasteiger partial charge is 0.357 e. The van der Waals surface area contributed by atoms with E-state index in [-0.39, 0.29) is 22.6 Å². The number of nitrogens with zero attached hydrogens (tertiary/aromatic N) is 2. The Kier molecular flexibility index (Phi) is 3.96. The summed E-state index contributed by atoms with van der Waals surface area (Å²) in [6.07, 6.45) is 1.06. The smallest absolute Gasteiger partial charge is 0.161 e. The van der Waals surface area contributed by atoms with Crippen LogP contribution in [0.5, 0.6) is 0 Å². The van der Waals surface area contributed by atoms with Crippen molar-refractivity contribution in [2.75, 3.05) is 5.32 Å². The Hall–Kier alpha value is -2.66. The number of rotatable bonds is 3. The molecule has 1 aromatic carbocycles. The fourth-order valence-electron chi connectivity index (χ4n) is 1.20. The van der Waals surface area contributed by atoms with E-state index in [2.05, 4.69) is 5.32 Å². The molecule has 4 nitrogen and oxygen atoms in total. The lowest BCUT2D eigenvalue weighted by molar-refractivity contribution is 0.101. The van der Waals surface area contributed by atoms with Crippen molar-refractivity contribution in [2.45, 2.75) is 6.92 Å². The number of hydrogen-bond donors (Lipinski definition) is 1. The van der Waals surface area contributed by atoms with Crippen molar-refractivity contribution < 1.29 is 9.18 Å². The summed E-state index contributed by atoms with van der Waals surface area (Å²) in [7, 11) is 0. The van der Waals surface area contributed by atoms with E-state index in [0.717, 1.165) is 6.20 Å². The molecule has 0 fully saturated rings. The number of hydrogen-bond acceptors (Lipinski definition) is 4. The molecule has 0 aliphatic heterocycles. The number of carbonyl (C=O) groups excluding carboxylic acids is 1. The van der Waals surface area contributed by atoms with Gasteiger partial charge < -0.3 is 5.32 Å². The maximum Gasteiger partial charge on any atom is 0.161 e. The minimum absolute atomic E-state index is 0.0389. The van der Waals surface area contributed by atoms with Crippen LogP contribution in [0.1, 0.15) is 17.3 Å². The number of para-hydroxylation sites is 1. The number of nitriles is 2. The van der Waals surface area contributed by atoms with Crippen LogP contribution in [0.15, 0.2) is 30.0 Å². The normalized spacial score (nSPS) is 8.71. The highest BCUT2D eigenvalue weighted by molar-refractivity contribution is 5.99. The van der Waals surface area contributed by atoms with Crippen molar-refractivity contribution in [2.24, 2.45) is 0 Å². The van der Waals surface area contributed by atoms with Crippen LogP contribution in [-0.4, -0.2) is 5.78 Å². The summed E-state index contributed by atoms with van der Waals surface area (Å²) in [5.41, 5.74) is -0.0813. The van der Waals surface area contributed by atoms with Crippen LogP contribution in [0, 0.1) is 28.5 Å². The van der Waals surface area contributed by atoms with Crippen LogP contribution in [0.4, 0.5) is 10.1 Å². The zero-order chi connectivity index (χ0) is 12.8. The summed E-state index contributed by atoms with van der Waals surface area (Å²) in [4.78, 5) is 11.2. The van der Waals surface area contributed by atoms with Gasteiger partial charge in [0.05, 0.1) is 5.69 Å². The van der Waals surface area contributed by atoms with Gasteiger partial charge in [-0.1, -0.05) is 6.07 Å². The molecular formula is C12H8FN3O. The zero-order valence-corrected chi connectivity index (χ0v) is 8.99. The standard InChI is InChI=1S/C12H8FN3O/c1-8(17)10-3-2-4-11(13)12(10)16-7-9(5-14)6-15/h2-4,7,16H,1H3. The number of anilines is 1. The first-order valence-electron chi connectivity index (χ1n) is 4.66. The molecule has 0 aliphatic carbocycles. The van der Waals surface area contributed by atoms with Crippen molar-refractivity contribution in [3.63, 3.8) is 0 Å². The Morgan fingerprint density at radius 3 is 2.59 bits per heavy atom. The Bertz CT molecular complexity index is 548. The minimum atomic E-state index is -0.621. The fourth-order valence-corrected chi connectivity index (χ4v) is 1.20. The molecule has 0 spiro atoms. The molecule has 0 saturated carbocycles. The highest BCUT2D eigenvalue weighted by atomic mass is 19.1. The van der Waals surface area contributed by atoms with Crippen molar-refractivity contribution in [3.05, 3.63) is 41.4 Å². The van der Waals surface area contributed by atoms with Crippen LogP contribution in [0.25, 0.3) is 0 Å². The summed E-state index contributed by atoms with van der Waals surface area (Å²) in [6, 6.07) is 7.29. The molecule has 0 radical (unpaired) electrons. The predicted octanol–water partition coefficient (Wildman–Crippen LogP) is 2.37. The van der Waals surface area contributed by atoms with Gasteiger partial charge in [0.1, 0.15) is 23.5 Å². The number of halogens is 1. The lowest BCUT2D eigenvalue weighted by Gasteiger charge is -2.07. The Morgan fingerprint density at radius 1 is 1.41 bits per heavy atom. The monoisotopic (exact) mass is 229 g/mol. The first-order chi connectivity index (χ1) is 8.10. The molecule has 0 bridgehead atoms. The van der Waals surface area contributed by atoms with Crippen molar-refractivity contribution in [1.29, 1.82) is 10.5 Å². The average molecular weight is 229 g/mol. The van der Waals surface area contributed by atoms with E-state index in [1.165, 1.54) is 25.1 Å². The van der Waals surface area contributed by atoms with Gasteiger partial charge in [-0.25, -0.2) is 4.39 Å². The average Bonchev–Trinajstić information content (AvgIpc) is 2.31. The Balaban J connectivity index is 3.16. The van der Waals surface area contributed by atoms with Gasteiger partial charge in [0.25, 0.3) is 0 Å². The molecule has 0 aliphatic rings. The van der Waals surface area contributed by atoms with Gasteiger partial charge in [0.15, 0.2) is 5.78 Å². The lowest BCUT2D eigenvalue weighted by Crippen LogP contribution is -2.02. The van der Waals surface area contributed by atoms with E-state index >= 15 is 0 Å². The summed E-state index contributed by atoms with van der Waals surface area (Å²) in [5.74, 6) is -0.931. The minimum Gasteiger partial charge on any atom is -0.357 e. The van der Waals surface area contributed by atoms with Gasteiger partial charge in [-0.2, -0.15) is 10.5 Å². The van der Waals surface area contributed by atoms with E-state index in [0.29, 0.717) is 0 Å². The number of carbonyl (C=O) groups is 1. The molecule has 1 N–H and O–H groups in total. The second-order valence-electron chi connectivity index (χ2n) is 3.14. The summed E-state index contributed by atoms with van der Waals surface area (Å²) in [6.45, 7) is 1.30. The number of Topliss-reactive ketones (excluding diaryl/α,β-unsaturated/α-hetero) is 1. The molecule has 17 heavy (non-hydrogen) atoms. The summed E-state index contributed by atoms with van der Waals surface area (Å²) >= 11 is 0. The summed E-state index contributed by atoms with van der Waals surface area (Å²) in [5, 5.41) is 19.5. The number of nitrogens with one attached hydrogen (secondary N) is 1. The molecule has 0 amide bonds. The molecule has 1 aromatic rings. The van der Waals surface area contributed by atoms with Crippen LogP contribution < -0.4 is 5.32 Å². The van der Waals surface area contributed by atoms with Gasteiger partial charge in [0, 0.05) is 11.8 Å². The topological polar surface area (TPSA) is 76.7 Å². The maximum absolute atomic E-state index is 13.5. The van der Waals surface area contributed by atoms with Crippen molar-refractivity contribution in [1.82, 2.24) is 0 Å². The van der Waals surface area contributed by atoms with Gasteiger partial charge in [0.2, 0.25) is 0 Å². The van der Waals surface area contributed by atoms with Gasteiger partial charge in [-0.3, -0.25) is 4.79 Å². The first kappa shape index (κ1) is 12.4. The Labute approximate surface area is 97.6 Å². The molecule has 1 rings (SSSR count). The third-order valence-corrected chi connectivity index (χ3v) is 1.99. The lowest BCUT2D eigenvalue weighted by atomic mass is 10.1. The molecule has 84 valence electrons. The van der Waals surface area contributed by atoms with Gasteiger partial charge >= 0.3 is 0 Å². The van der Waals surface area contributed by atoms with E-state index in [1.54, 1.807) is 12.1 Å². The quantitative estimate of drug-likeness (QED) is 0.637. The molecule has 5 heteroatoms. The zero-order valence-electron chi connectivity index (χ0n) is 8.99. The van der Waals surface area contributed by atoms with Gasteiger partial charge in [-0.15, -0.1) is 0 Å². The first-order valence-corrected chi connectivity index (χ1v) is 4.66. The van der Waals surface area contributed by atoms with Crippen LogP contribution in [0.3, 0.4) is 0 Å². The van der Waals surface area contributed by atoms with E-state index in [4.69, 9.17) is 10.5 Å². The van der Waals surface area contributed by atoms with Crippen LogP contribution >= 0.6 is 0 Å². The number of ketones is 1. The molecule has 0 heterocycles. The van der Waals surface area contributed by atoms with Crippen molar-refractivity contribution >= 4 is 11.5 Å². The maximum atomic E-state index is 13.5. The van der Waals surface area contributed by atoms with E-state index in [1.807, 2.05) is 0 Å². The van der Waals surface area contributed by atoms with E-state index < -0.39 is 5.82 Å². The highest BCUT2D eigenvalue weighted by Crippen LogP contribution is 2.20. The molecule has 0 atom stereocenters.